The van der Waals surface area contributed by atoms with E-state index in [1.54, 1.807) is 26.3 Å². The van der Waals surface area contributed by atoms with Crippen molar-refractivity contribution in [3.05, 3.63) is 76.8 Å². The number of fused-ring (bicyclic) bond motifs is 1. The number of aryl methyl sites for hydroxylation is 1. The van der Waals surface area contributed by atoms with Crippen LogP contribution in [-0.4, -0.2) is 28.7 Å². The second-order valence-corrected chi connectivity index (χ2v) is 6.79. The second-order valence-electron chi connectivity index (χ2n) is 6.79. The zero-order valence-corrected chi connectivity index (χ0v) is 16.8. The van der Waals surface area contributed by atoms with Crippen molar-refractivity contribution < 1.29 is 4.74 Å². The quantitative estimate of drug-likeness (QED) is 0.523. The molecule has 0 saturated heterocycles. The Morgan fingerprint density at radius 1 is 1.03 bits per heavy atom. The van der Waals surface area contributed by atoms with Gasteiger partial charge in [0.05, 0.1) is 12.6 Å². The highest BCUT2D eigenvalue weighted by Crippen LogP contribution is 2.30. The van der Waals surface area contributed by atoms with Gasteiger partial charge in [0.1, 0.15) is 23.0 Å². The molecular formula is C23H19N5O2. The van der Waals surface area contributed by atoms with Gasteiger partial charge in [0.25, 0.3) is 0 Å². The van der Waals surface area contributed by atoms with Gasteiger partial charge >= 0.3 is 5.69 Å². The van der Waals surface area contributed by atoms with E-state index in [9.17, 15) is 10.1 Å². The molecule has 0 unspecified atom stereocenters. The first-order chi connectivity index (χ1) is 14.5. The van der Waals surface area contributed by atoms with Crippen LogP contribution in [0.15, 0.2) is 65.5 Å². The van der Waals surface area contributed by atoms with Crippen LogP contribution < -0.4 is 15.3 Å². The van der Waals surface area contributed by atoms with Crippen molar-refractivity contribution in [2.24, 2.45) is 7.05 Å². The lowest BCUT2D eigenvalue weighted by molar-refractivity contribution is 0.415. The van der Waals surface area contributed by atoms with Crippen LogP contribution >= 0.6 is 0 Å². The van der Waals surface area contributed by atoms with Crippen LogP contribution in [0.1, 0.15) is 5.69 Å². The molecule has 0 bridgehead atoms. The van der Waals surface area contributed by atoms with Crippen LogP contribution in [0.2, 0.25) is 0 Å². The van der Waals surface area contributed by atoms with E-state index in [0.29, 0.717) is 16.9 Å². The number of nitriles is 1. The van der Waals surface area contributed by atoms with Crippen molar-refractivity contribution in [1.29, 1.82) is 5.26 Å². The molecule has 7 nitrogen and oxygen atoms in total. The maximum absolute atomic E-state index is 12.4. The van der Waals surface area contributed by atoms with Gasteiger partial charge in [-0.05, 0) is 47.5 Å². The lowest BCUT2D eigenvalue weighted by Crippen LogP contribution is -2.25. The molecule has 0 aliphatic heterocycles. The molecule has 0 atom stereocenters. The van der Waals surface area contributed by atoms with Crippen LogP contribution in [0.5, 0.6) is 5.75 Å². The number of pyridine rings is 1. The van der Waals surface area contributed by atoms with Crippen LogP contribution in [0.25, 0.3) is 22.2 Å². The first-order valence-electron chi connectivity index (χ1n) is 9.28. The maximum Gasteiger partial charge on any atom is 0.349 e. The second kappa shape index (κ2) is 7.68. The summed E-state index contributed by atoms with van der Waals surface area (Å²) in [6, 6.07) is 21.1. The van der Waals surface area contributed by atoms with E-state index in [0.717, 1.165) is 22.6 Å². The summed E-state index contributed by atoms with van der Waals surface area (Å²) < 4.78 is 6.65. The molecule has 0 saturated carbocycles. The molecular weight excluding hydrogens is 378 g/mol. The van der Waals surface area contributed by atoms with Gasteiger partial charge in [0, 0.05) is 19.8 Å². The number of rotatable bonds is 4. The van der Waals surface area contributed by atoms with E-state index in [1.807, 2.05) is 66.5 Å². The van der Waals surface area contributed by atoms with Crippen LogP contribution in [0.3, 0.4) is 0 Å². The highest BCUT2D eigenvalue weighted by atomic mass is 16.5. The number of ether oxygens (including phenoxy) is 1. The van der Waals surface area contributed by atoms with Crippen LogP contribution in [0.4, 0.5) is 11.5 Å². The fraction of sp³-hybridized carbons (Fsp3) is 0.130. The molecule has 4 aromatic rings. The zero-order valence-electron chi connectivity index (χ0n) is 16.8. The SMILES string of the molecule is COc1ccc(-c2cccc(N(C)c3nc(=O)n(C)c4ccc(C#N)nc34)c2)cc1. The molecule has 2 aromatic heterocycles. The van der Waals surface area contributed by atoms with Crippen molar-refractivity contribution in [3.8, 4) is 22.9 Å². The summed E-state index contributed by atoms with van der Waals surface area (Å²) in [6.07, 6.45) is 0. The summed E-state index contributed by atoms with van der Waals surface area (Å²) in [5, 5.41) is 9.24. The number of benzene rings is 2. The molecule has 0 amide bonds. The first-order valence-corrected chi connectivity index (χ1v) is 9.28. The van der Waals surface area contributed by atoms with Gasteiger partial charge in [-0.2, -0.15) is 10.2 Å². The third kappa shape index (κ3) is 3.35. The van der Waals surface area contributed by atoms with Gasteiger partial charge in [0.2, 0.25) is 0 Å². The van der Waals surface area contributed by atoms with Crippen molar-refractivity contribution in [1.82, 2.24) is 14.5 Å². The average molecular weight is 397 g/mol. The van der Waals surface area contributed by atoms with E-state index in [1.165, 1.54) is 4.57 Å². The van der Waals surface area contributed by atoms with E-state index in [2.05, 4.69) is 9.97 Å². The van der Waals surface area contributed by atoms with Gasteiger partial charge in [-0.15, -0.1) is 0 Å². The molecule has 0 fully saturated rings. The van der Waals surface area contributed by atoms with Crippen LogP contribution in [0, 0.1) is 11.3 Å². The predicted molar refractivity (Wildman–Crippen MR) is 116 cm³/mol. The number of methoxy groups -OCH3 is 1. The van der Waals surface area contributed by atoms with Crippen molar-refractivity contribution in [2.75, 3.05) is 19.1 Å². The minimum Gasteiger partial charge on any atom is -0.497 e. The third-order valence-electron chi connectivity index (χ3n) is 5.02. The van der Waals surface area contributed by atoms with Gasteiger partial charge in [-0.25, -0.2) is 9.78 Å². The Kier molecular flexibility index (Phi) is 4.90. The fourth-order valence-corrected chi connectivity index (χ4v) is 3.30. The monoisotopic (exact) mass is 397 g/mol. The smallest absolute Gasteiger partial charge is 0.349 e. The van der Waals surface area contributed by atoms with Crippen LogP contribution in [-0.2, 0) is 7.05 Å². The van der Waals surface area contributed by atoms with Crippen molar-refractivity contribution >= 4 is 22.5 Å². The Morgan fingerprint density at radius 3 is 2.50 bits per heavy atom. The molecule has 0 radical (unpaired) electrons. The highest BCUT2D eigenvalue weighted by Gasteiger charge is 2.16. The molecule has 4 rings (SSSR count). The number of nitrogens with zero attached hydrogens (tertiary/aromatic N) is 5. The summed E-state index contributed by atoms with van der Waals surface area (Å²) in [6.45, 7) is 0. The predicted octanol–water partition coefficient (Wildman–Crippen LogP) is 3.64. The standard InChI is InChI=1S/C23H19N5O2/c1-27(18-6-4-5-16(13-18)15-7-10-19(30-3)11-8-15)22-21-20(28(2)23(29)26-22)12-9-17(14-24)25-21/h4-13H,1-3H3. The van der Waals surface area contributed by atoms with Crippen molar-refractivity contribution in [3.63, 3.8) is 0 Å². The largest absolute Gasteiger partial charge is 0.497 e. The Hall–Kier alpha value is -4.18. The third-order valence-corrected chi connectivity index (χ3v) is 5.02. The van der Waals surface area contributed by atoms with Gasteiger partial charge < -0.3 is 9.64 Å². The van der Waals surface area contributed by atoms with Gasteiger partial charge in [0.15, 0.2) is 5.82 Å². The molecule has 0 aliphatic rings. The van der Waals surface area contributed by atoms with E-state index in [-0.39, 0.29) is 11.4 Å². The zero-order chi connectivity index (χ0) is 21.3. The molecule has 148 valence electrons. The van der Waals surface area contributed by atoms with E-state index in [4.69, 9.17) is 4.74 Å². The topological polar surface area (TPSA) is 84.0 Å². The van der Waals surface area contributed by atoms with E-state index >= 15 is 0 Å². The average Bonchev–Trinajstić information content (AvgIpc) is 2.80. The summed E-state index contributed by atoms with van der Waals surface area (Å²) in [7, 11) is 5.10. The number of anilines is 2. The fourth-order valence-electron chi connectivity index (χ4n) is 3.30. The molecule has 30 heavy (non-hydrogen) atoms. The number of aromatic nitrogens is 3. The highest BCUT2D eigenvalue weighted by molar-refractivity contribution is 5.89. The minimum absolute atomic E-state index is 0.268. The molecule has 2 heterocycles. The van der Waals surface area contributed by atoms with Gasteiger partial charge in [-0.3, -0.25) is 4.57 Å². The summed E-state index contributed by atoms with van der Waals surface area (Å²) in [5.74, 6) is 1.19. The lowest BCUT2D eigenvalue weighted by Gasteiger charge is -2.21. The molecule has 2 aromatic carbocycles. The normalized spacial score (nSPS) is 10.6. The summed E-state index contributed by atoms with van der Waals surface area (Å²) in [5.41, 5.74) is 3.88. The molecule has 0 N–H and O–H groups in total. The van der Waals surface area contributed by atoms with Crippen molar-refractivity contribution in [2.45, 2.75) is 0 Å². The Labute approximate surface area is 173 Å². The summed E-state index contributed by atoms with van der Waals surface area (Å²) in [4.78, 5) is 22.8. The maximum atomic E-state index is 12.4. The Balaban J connectivity index is 1.82. The van der Waals surface area contributed by atoms with E-state index < -0.39 is 0 Å². The Morgan fingerprint density at radius 2 is 1.80 bits per heavy atom. The summed E-state index contributed by atoms with van der Waals surface area (Å²) >= 11 is 0. The minimum atomic E-state index is -0.387. The lowest BCUT2D eigenvalue weighted by atomic mass is 10.0. The Bertz CT molecular complexity index is 1340. The first kappa shape index (κ1) is 19.2. The molecule has 0 spiro atoms. The number of hydrogen-bond donors (Lipinski definition) is 0. The molecule has 7 heteroatoms. The molecule has 0 aliphatic carbocycles. The van der Waals surface area contributed by atoms with Gasteiger partial charge in [-0.1, -0.05) is 24.3 Å². The number of hydrogen-bond acceptors (Lipinski definition) is 6.